The molecular weight excluding hydrogens is 226 g/mol. The summed E-state index contributed by atoms with van der Waals surface area (Å²) in [4.78, 5) is 0. The monoisotopic (exact) mass is 251 g/mol. The maximum Gasteiger partial charge on any atom is 0.129 e. The van der Waals surface area contributed by atoms with Gasteiger partial charge < -0.3 is 14.5 Å². The van der Waals surface area contributed by atoms with E-state index in [0.717, 1.165) is 37.3 Å². The van der Waals surface area contributed by atoms with E-state index in [1.165, 1.54) is 25.7 Å². The first-order chi connectivity index (χ1) is 8.88. The molecule has 0 saturated heterocycles. The summed E-state index contributed by atoms with van der Waals surface area (Å²) in [7, 11) is 0. The molecule has 1 fully saturated rings. The van der Waals surface area contributed by atoms with Crippen LogP contribution in [-0.2, 0) is 11.3 Å². The van der Waals surface area contributed by atoms with E-state index in [-0.39, 0.29) is 0 Å². The fraction of sp³-hybridized carbons (Fsp3) is 0.733. The Kier molecular flexibility index (Phi) is 5.75. The van der Waals surface area contributed by atoms with Gasteiger partial charge in [0.1, 0.15) is 12.4 Å². The molecular formula is C15H25NO2. The fourth-order valence-electron chi connectivity index (χ4n) is 2.68. The summed E-state index contributed by atoms with van der Waals surface area (Å²) < 4.78 is 10.8. The lowest BCUT2D eigenvalue weighted by molar-refractivity contribution is 0.103. The number of hydrogen-bond acceptors (Lipinski definition) is 3. The maximum atomic E-state index is 5.55. The third-order valence-corrected chi connectivity index (χ3v) is 3.84. The average molecular weight is 251 g/mol. The first-order valence-corrected chi connectivity index (χ1v) is 7.22. The highest BCUT2D eigenvalue weighted by atomic mass is 16.5. The Hall–Kier alpha value is -0.800. The van der Waals surface area contributed by atoms with Crippen molar-refractivity contribution in [3.8, 4) is 0 Å². The second-order valence-corrected chi connectivity index (χ2v) is 5.22. The smallest absolute Gasteiger partial charge is 0.129 e. The van der Waals surface area contributed by atoms with Crippen molar-refractivity contribution in [2.75, 3.05) is 13.2 Å². The van der Waals surface area contributed by atoms with Crippen LogP contribution >= 0.6 is 0 Å². The summed E-state index contributed by atoms with van der Waals surface area (Å²) in [6, 6.07) is 4.59. The third-order valence-electron chi connectivity index (χ3n) is 3.84. The average Bonchev–Trinajstić information content (AvgIpc) is 3.04. The van der Waals surface area contributed by atoms with Gasteiger partial charge in [-0.15, -0.1) is 0 Å². The Labute approximate surface area is 110 Å². The van der Waals surface area contributed by atoms with Gasteiger partial charge in [-0.25, -0.2) is 0 Å². The minimum atomic E-state index is 0.592. The largest absolute Gasteiger partial charge is 0.467 e. The molecule has 0 bridgehead atoms. The molecule has 1 heterocycles. The summed E-state index contributed by atoms with van der Waals surface area (Å²) in [5.74, 6) is 1.86. The molecule has 0 aliphatic heterocycles. The van der Waals surface area contributed by atoms with Crippen LogP contribution in [0.3, 0.4) is 0 Å². The van der Waals surface area contributed by atoms with Crippen LogP contribution in [0.1, 0.15) is 44.8 Å². The first kappa shape index (κ1) is 13.6. The highest BCUT2D eigenvalue weighted by Gasteiger charge is 2.22. The standard InChI is InChI=1S/C15H25NO2/c1-2-13-6-7-14(11-13)16-8-4-9-17-12-15-5-3-10-18-15/h3,5,10,13-14,16H,2,4,6-9,11-12H2,1H3. The van der Waals surface area contributed by atoms with Gasteiger partial charge in [-0.2, -0.15) is 0 Å². The zero-order valence-corrected chi connectivity index (χ0v) is 11.4. The Bertz CT molecular complexity index is 310. The number of rotatable bonds is 8. The van der Waals surface area contributed by atoms with Crippen molar-refractivity contribution < 1.29 is 9.15 Å². The van der Waals surface area contributed by atoms with Crippen molar-refractivity contribution in [1.29, 1.82) is 0 Å². The molecule has 1 saturated carbocycles. The quantitative estimate of drug-likeness (QED) is 0.719. The maximum absolute atomic E-state index is 5.55. The summed E-state index contributed by atoms with van der Waals surface area (Å²) in [6.45, 7) is 4.76. The molecule has 1 aromatic rings. The predicted molar refractivity (Wildman–Crippen MR) is 72.4 cm³/mol. The van der Waals surface area contributed by atoms with E-state index in [2.05, 4.69) is 12.2 Å². The molecule has 2 unspecified atom stereocenters. The van der Waals surface area contributed by atoms with Crippen molar-refractivity contribution >= 4 is 0 Å². The van der Waals surface area contributed by atoms with Crippen molar-refractivity contribution in [1.82, 2.24) is 5.32 Å². The van der Waals surface area contributed by atoms with Crippen molar-refractivity contribution in [3.63, 3.8) is 0 Å². The zero-order valence-electron chi connectivity index (χ0n) is 11.4. The number of furan rings is 1. The number of nitrogens with one attached hydrogen (secondary N) is 1. The van der Waals surface area contributed by atoms with Crippen LogP contribution in [0.5, 0.6) is 0 Å². The molecule has 3 heteroatoms. The Morgan fingerprint density at radius 1 is 1.44 bits per heavy atom. The molecule has 1 N–H and O–H groups in total. The van der Waals surface area contributed by atoms with Crippen LogP contribution in [0.25, 0.3) is 0 Å². The van der Waals surface area contributed by atoms with Crippen molar-refractivity contribution in [3.05, 3.63) is 24.2 Å². The van der Waals surface area contributed by atoms with Gasteiger partial charge in [0.2, 0.25) is 0 Å². The van der Waals surface area contributed by atoms with Gasteiger partial charge in [0.05, 0.1) is 6.26 Å². The van der Waals surface area contributed by atoms with Gasteiger partial charge in [0, 0.05) is 12.6 Å². The Morgan fingerprint density at radius 2 is 2.39 bits per heavy atom. The van der Waals surface area contributed by atoms with E-state index in [1.54, 1.807) is 6.26 Å². The van der Waals surface area contributed by atoms with Gasteiger partial charge >= 0.3 is 0 Å². The second kappa shape index (κ2) is 7.59. The molecule has 3 nitrogen and oxygen atoms in total. The summed E-state index contributed by atoms with van der Waals surface area (Å²) in [6.07, 6.45) is 8.22. The normalized spacial score (nSPS) is 23.6. The molecule has 0 spiro atoms. The fourth-order valence-corrected chi connectivity index (χ4v) is 2.68. The van der Waals surface area contributed by atoms with E-state index in [0.29, 0.717) is 6.61 Å². The minimum Gasteiger partial charge on any atom is -0.467 e. The Balaban J connectivity index is 1.44. The lowest BCUT2D eigenvalue weighted by atomic mass is 10.1. The molecule has 2 rings (SSSR count). The molecule has 18 heavy (non-hydrogen) atoms. The topological polar surface area (TPSA) is 34.4 Å². The van der Waals surface area contributed by atoms with E-state index < -0.39 is 0 Å². The van der Waals surface area contributed by atoms with Crippen LogP contribution in [0.15, 0.2) is 22.8 Å². The van der Waals surface area contributed by atoms with E-state index in [4.69, 9.17) is 9.15 Å². The van der Waals surface area contributed by atoms with E-state index >= 15 is 0 Å². The van der Waals surface area contributed by atoms with Gasteiger partial charge in [-0.05, 0) is 50.3 Å². The van der Waals surface area contributed by atoms with Gasteiger partial charge in [-0.3, -0.25) is 0 Å². The zero-order chi connectivity index (χ0) is 12.6. The van der Waals surface area contributed by atoms with Crippen LogP contribution in [0, 0.1) is 5.92 Å². The molecule has 0 amide bonds. The number of ether oxygens (including phenoxy) is 1. The molecule has 1 aromatic heterocycles. The minimum absolute atomic E-state index is 0.592. The van der Waals surface area contributed by atoms with Gasteiger partial charge in [0.15, 0.2) is 0 Å². The molecule has 2 atom stereocenters. The summed E-state index contributed by atoms with van der Waals surface area (Å²) in [5.41, 5.74) is 0. The van der Waals surface area contributed by atoms with Crippen LogP contribution in [0.2, 0.25) is 0 Å². The SMILES string of the molecule is CCC1CCC(NCCCOCc2ccco2)C1. The molecule has 102 valence electrons. The molecule has 1 aliphatic rings. The highest BCUT2D eigenvalue weighted by molar-refractivity contribution is 4.95. The molecule has 0 radical (unpaired) electrons. The lowest BCUT2D eigenvalue weighted by Gasteiger charge is -2.12. The third kappa shape index (κ3) is 4.46. The van der Waals surface area contributed by atoms with Gasteiger partial charge in [-0.1, -0.05) is 13.3 Å². The number of hydrogen-bond donors (Lipinski definition) is 1. The lowest BCUT2D eigenvalue weighted by Crippen LogP contribution is -2.28. The van der Waals surface area contributed by atoms with E-state index in [9.17, 15) is 0 Å². The highest BCUT2D eigenvalue weighted by Crippen LogP contribution is 2.27. The Morgan fingerprint density at radius 3 is 3.11 bits per heavy atom. The van der Waals surface area contributed by atoms with Crippen LogP contribution < -0.4 is 5.32 Å². The van der Waals surface area contributed by atoms with Crippen molar-refractivity contribution in [2.45, 2.75) is 51.7 Å². The van der Waals surface area contributed by atoms with Crippen LogP contribution in [-0.4, -0.2) is 19.2 Å². The van der Waals surface area contributed by atoms with E-state index in [1.807, 2.05) is 12.1 Å². The second-order valence-electron chi connectivity index (χ2n) is 5.22. The van der Waals surface area contributed by atoms with Crippen LogP contribution in [0.4, 0.5) is 0 Å². The van der Waals surface area contributed by atoms with Gasteiger partial charge in [0.25, 0.3) is 0 Å². The summed E-state index contributed by atoms with van der Waals surface area (Å²) in [5, 5.41) is 3.64. The predicted octanol–water partition coefficient (Wildman–Crippen LogP) is 3.35. The molecule has 0 aromatic carbocycles. The van der Waals surface area contributed by atoms with Crippen molar-refractivity contribution in [2.24, 2.45) is 5.92 Å². The summed E-state index contributed by atoms with van der Waals surface area (Å²) >= 11 is 0. The molecule has 1 aliphatic carbocycles. The first-order valence-electron chi connectivity index (χ1n) is 7.22.